The van der Waals surface area contributed by atoms with E-state index in [1.54, 1.807) is 29.5 Å². The second-order valence-corrected chi connectivity index (χ2v) is 14.4. The van der Waals surface area contributed by atoms with Crippen LogP contribution in [0.4, 0.5) is 13.2 Å². The van der Waals surface area contributed by atoms with Crippen molar-refractivity contribution >= 4 is 93.6 Å². The summed E-state index contributed by atoms with van der Waals surface area (Å²) in [4.78, 5) is 52.0. The SMILES string of the molecule is CCCCCCc1ccc(/C=C/c2ccnc(/C([NH-])=C/C(=N)C(F)(F)F)c2)s1.O=COc1cc(-c2nccc3cc(OC=O)oc23)nc(-c2nccc3cc(OC=O)oc23)c1.[N-]=C=S.[Ru+2]. The topological polar surface area (TPSA) is 227 Å². The molecular weight excluding hydrogens is 977 g/mol. The normalized spacial score (nSPS) is 11.0. The van der Waals surface area contributed by atoms with Crippen molar-refractivity contribution in [3.8, 4) is 40.4 Å². The molecule has 7 aromatic heterocycles. The average molecular weight is 1010 g/mol. The van der Waals surface area contributed by atoms with Gasteiger partial charge in [0.05, 0.1) is 11.4 Å². The summed E-state index contributed by atoms with van der Waals surface area (Å²) in [7, 11) is 0. The Kier molecular flexibility index (Phi) is 19.2. The summed E-state index contributed by atoms with van der Waals surface area (Å²) in [5, 5.41) is 16.7. The predicted octanol–water partition coefficient (Wildman–Crippen LogP) is 11.4. The fraction of sp³-hybridized carbons (Fsp3) is 0.159. The van der Waals surface area contributed by atoms with Gasteiger partial charge in [0.15, 0.2) is 11.2 Å². The average Bonchev–Trinajstić information content (AvgIpc) is 4.03. The standard InChI is InChI=1S/C22H11N3O8.C21H23F3N3S.CNS.Ru/c26-9-29-14-7-15(19-21-12(1-3-23-19)5-17(32-21)30-10-27)25-16(8-14)20-22-13(2-4-24-20)6-18(33-22)31-11-28;1-2-3-4-5-6-16-9-10-17(28-16)8-7-15-11-12-27-19(13-15)18(25)14-20(26)21(22,23)24;2-1-3;/h1-11H;7-14,25-26H,2-6H2,1H3;;/q;2*-1;+2/b;8-7+,18-14-,26-20?;;. The van der Waals surface area contributed by atoms with Crippen molar-refractivity contribution in [2.45, 2.75) is 45.2 Å². The quantitative estimate of drug-likeness (QED) is 0.0295. The van der Waals surface area contributed by atoms with E-state index in [2.05, 4.69) is 51.2 Å². The number of pyridine rings is 4. The molecule has 7 rings (SSSR count). The minimum absolute atomic E-state index is 0. The Morgan fingerprint density at radius 1 is 0.831 bits per heavy atom. The molecule has 0 aliphatic rings. The number of furan rings is 2. The van der Waals surface area contributed by atoms with Crippen molar-refractivity contribution in [1.82, 2.24) is 19.9 Å². The van der Waals surface area contributed by atoms with Crippen LogP contribution in [0.3, 0.4) is 0 Å². The monoisotopic (exact) mass is 1010 g/mol. The number of allylic oxidation sites excluding steroid dienone is 1. The van der Waals surface area contributed by atoms with Crippen molar-refractivity contribution in [2.24, 2.45) is 0 Å². The van der Waals surface area contributed by atoms with Crippen LogP contribution in [0.25, 0.3) is 73.7 Å². The van der Waals surface area contributed by atoms with Gasteiger partial charge in [-0.25, -0.2) is 4.98 Å². The van der Waals surface area contributed by atoms with Gasteiger partial charge in [0, 0.05) is 69.1 Å². The Balaban J connectivity index is 0.000000268. The molecule has 0 aromatic carbocycles. The van der Waals surface area contributed by atoms with Gasteiger partial charge < -0.3 is 34.2 Å². The maximum absolute atomic E-state index is 12.4. The predicted molar refractivity (Wildman–Crippen MR) is 238 cm³/mol. The molecule has 21 heteroatoms. The first-order chi connectivity index (χ1) is 30.9. The minimum Gasteiger partial charge on any atom is -0.753 e. The zero-order valence-corrected chi connectivity index (χ0v) is 37.2. The van der Waals surface area contributed by atoms with Crippen molar-refractivity contribution in [3.63, 3.8) is 0 Å². The number of thiophene rings is 1. The molecule has 0 aliphatic carbocycles. The third-order valence-corrected chi connectivity index (χ3v) is 9.78. The molecule has 15 nitrogen and oxygen atoms in total. The van der Waals surface area contributed by atoms with Crippen molar-refractivity contribution in [2.75, 3.05) is 0 Å². The molecule has 0 saturated heterocycles. The minimum atomic E-state index is -4.77. The van der Waals surface area contributed by atoms with Crippen molar-refractivity contribution in [1.29, 1.82) is 5.41 Å². The van der Waals surface area contributed by atoms with E-state index < -0.39 is 17.6 Å². The van der Waals surface area contributed by atoms with E-state index in [0.29, 0.717) is 39.4 Å². The zero-order valence-electron chi connectivity index (χ0n) is 33.8. The number of aryl methyl sites for hydroxylation is 1. The van der Waals surface area contributed by atoms with Crippen molar-refractivity contribution in [3.05, 3.63) is 117 Å². The van der Waals surface area contributed by atoms with E-state index >= 15 is 0 Å². The molecule has 0 bridgehead atoms. The number of hydrogen-bond donors (Lipinski definition) is 1. The fourth-order valence-electron chi connectivity index (χ4n) is 5.85. The van der Waals surface area contributed by atoms with Gasteiger partial charge in [-0.3, -0.25) is 34.7 Å². The van der Waals surface area contributed by atoms with Crippen molar-refractivity contribution < 1.29 is 70.1 Å². The maximum atomic E-state index is 12.4. The van der Waals surface area contributed by atoms with E-state index in [-0.39, 0.29) is 73.6 Å². The van der Waals surface area contributed by atoms with Gasteiger partial charge in [0.2, 0.25) is 0 Å². The van der Waals surface area contributed by atoms with Gasteiger partial charge in [-0.2, -0.15) is 18.3 Å². The van der Waals surface area contributed by atoms with Crippen LogP contribution in [0.5, 0.6) is 17.6 Å². The Morgan fingerprint density at radius 2 is 1.40 bits per heavy atom. The Bertz CT molecular complexity index is 2750. The number of halogens is 3. The number of thiocarbonyl (C=S) groups is 1. The summed E-state index contributed by atoms with van der Waals surface area (Å²) < 4.78 is 63.2. The molecule has 0 radical (unpaired) electrons. The molecule has 0 unspecified atom stereocenters. The van der Waals surface area contributed by atoms with Gasteiger partial charge in [-0.15, -0.1) is 17.0 Å². The number of rotatable bonds is 17. The van der Waals surface area contributed by atoms with Crippen LogP contribution in [0.2, 0.25) is 0 Å². The van der Waals surface area contributed by atoms with Crippen LogP contribution in [-0.2, 0) is 40.3 Å². The van der Waals surface area contributed by atoms with Crippen LogP contribution in [0.15, 0.2) is 94.2 Å². The van der Waals surface area contributed by atoms with Gasteiger partial charge in [-0.05, 0) is 67.0 Å². The number of aromatic nitrogens is 4. The number of carbonyl (C=O) groups is 3. The number of ether oxygens (including phenoxy) is 3. The number of unbranched alkanes of at least 4 members (excludes halogenated alkanes) is 3. The smallest absolute Gasteiger partial charge is 0.753 e. The second-order valence-electron chi connectivity index (χ2n) is 13.0. The molecule has 7 aromatic rings. The van der Waals surface area contributed by atoms with Gasteiger partial charge in [0.25, 0.3) is 18.4 Å². The molecule has 0 amide bonds. The molecule has 0 spiro atoms. The van der Waals surface area contributed by atoms with Crippen LogP contribution in [0.1, 0.15) is 53.6 Å². The van der Waals surface area contributed by atoms with E-state index in [4.69, 9.17) is 39.6 Å². The molecule has 0 aliphatic heterocycles. The first kappa shape index (κ1) is 50.6. The summed E-state index contributed by atoms with van der Waals surface area (Å²) in [6.45, 7) is 2.96. The summed E-state index contributed by atoms with van der Waals surface area (Å²) >= 11 is 5.43. The van der Waals surface area contributed by atoms with Crippen LogP contribution in [-0.4, -0.2) is 56.4 Å². The van der Waals surface area contributed by atoms with Crippen LogP contribution < -0.4 is 14.2 Å². The van der Waals surface area contributed by atoms with Crippen LogP contribution in [0, 0.1) is 5.41 Å². The molecule has 2 N–H and O–H groups in total. The zero-order chi connectivity index (χ0) is 46.1. The van der Waals surface area contributed by atoms with Gasteiger partial charge >= 0.3 is 38.6 Å². The van der Waals surface area contributed by atoms with Gasteiger partial charge in [0.1, 0.15) is 22.8 Å². The molecular formula is C44H34F3N7O8RuS2. The Labute approximate surface area is 390 Å². The largest absolute Gasteiger partial charge is 2.00 e. The number of nitrogens with zero attached hydrogens (tertiary/aromatic N) is 5. The maximum Gasteiger partial charge on any atom is 2.00 e. The van der Waals surface area contributed by atoms with E-state index in [9.17, 15) is 27.6 Å². The van der Waals surface area contributed by atoms with E-state index in [1.165, 1.54) is 84.6 Å². The molecule has 0 fully saturated rings. The molecule has 0 saturated carbocycles. The van der Waals surface area contributed by atoms with E-state index in [0.717, 1.165) is 16.9 Å². The Hall–Kier alpha value is -7.05. The first-order valence-electron chi connectivity index (χ1n) is 18.9. The summed E-state index contributed by atoms with van der Waals surface area (Å²) in [6, 6.07) is 16.8. The fourth-order valence-corrected chi connectivity index (χ4v) is 6.81. The number of isothiocyanates is 1. The first-order valence-corrected chi connectivity index (χ1v) is 20.1. The van der Waals surface area contributed by atoms with E-state index in [1.807, 2.05) is 12.2 Å². The third-order valence-electron chi connectivity index (χ3n) is 8.67. The molecule has 65 heavy (non-hydrogen) atoms. The summed E-state index contributed by atoms with van der Waals surface area (Å²) in [5.41, 5.74) is 8.38. The second kappa shape index (κ2) is 24.7. The van der Waals surface area contributed by atoms with Gasteiger partial charge in [-0.1, -0.05) is 44.5 Å². The molecule has 334 valence electrons. The number of hydrogen-bond acceptors (Lipinski definition) is 15. The number of nitrogens with one attached hydrogen (secondary N) is 2. The molecule has 0 atom stereocenters. The Morgan fingerprint density at radius 3 is 1.94 bits per heavy atom. The number of carbonyl (C=O) groups excluding carboxylic acids is 3. The number of alkyl halides is 3. The summed E-state index contributed by atoms with van der Waals surface area (Å²) in [6.07, 6.45) is 10.0. The molecule has 7 heterocycles. The third kappa shape index (κ3) is 14.2. The summed E-state index contributed by atoms with van der Waals surface area (Å²) in [5.74, 6) is 0.133. The number of fused-ring (bicyclic) bond motifs is 2. The van der Waals surface area contributed by atoms with Crippen LogP contribution >= 0.6 is 23.6 Å².